The van der Waals surface area contributed by atoms with E-state index in [1.807, 2.05) is 6.92 Å². The Kier molecular flexibility index (Phi) is 8.76. The number of aliphatic hydroxyl groups is 1. The number of hydrogen-bond acceptors (Lipinski definition) is 9. The molecule has 0 saturated carbocycles. The van der Waals surface area contributed by atoms with Crippen LogP contribution in [-0.4, -0.2) is 88.9 Å². The number of carbonyl (C=O) groups excluding carboxylic acids is 2. The molecule has 44 heavy (non-hydrogen) atoms. The summed E-state index contributed by atoms with van der Waals surface area (Å²) in [6.45, 7) is 5.20. The number of likely N-dealkylation sites (N-methyl/N-ethyl adjacent to an activating group) is 1. The number of amides is 2. The van der Waals surface area contributed by atoms with Gasteiger partial charge in [-0.05, 0) is 38.3 Å². The Labute approximate surface area is 252 Å². The van der Waals surface area contributed by atoms with Crippen LogP contribution in [0, 0.1) is 11.6 Å². The van der Waals surface area contributed by atoms with Crippen molar-refractivity contribution in [3.05, 3.63) is 83.9 Å². The SMILES string of the molecule is C=C(/C(=C\C)OC)C1C2CCCC(C(=O)N1C)N2C(=O)OCc1cn(CC(O)(Cn2cncn2)c2ccc(F)cc2F)nn1. The summed E-state index contributed by atoms with van der Waals surface area (Å²) in [4.78, 5) is 33.7. The van der Waals surface area contributed by atoms with Crippen LogP contribution in [0.2, 0.25) is 0 Å². The molecule has 5 rings (SSSR count). The fourth-order valence-electron chi connectivity index (χ4n) is 6.15. The average molecular weight is 613 g/mol. The predicted molar refractivity (Wildman–Crippen MR) is 150 cm³/mol. The highest BCUT2D eigenvalue weighted by atomic mass is 19.1. The lowest BCUT2D eigenvalue weighted by molar-refractivity contribution is -0.148. The normalized spacial score (nSPS) is 21.6. The van der Waals surface area contributed by atoms with E-state index in [2.05, 4.69) is 27.0 Å². The van der Waals surface area contributed by atoms with Crippen molar-refractivity contribution in [2.75, 3.05) is 14.2 Å². The number of halogens is 2. The molecule has 1 aromatic carbocycles. The minimum atomic E-state index is -1.92. The van der Waals surface area contributed by atoms with Crippen LogP contribution in [0.15, 0.2) is 61.0 Å². The Morgan fingerprint density at radius 3 is 2.70 bits per heavy atom. The van der Waals surface area contributed by atoms with Gasteiger partial charge in [-0.15, -0.1) is 5.10 Å². The summed E-state index contributed by atoms with van der Waals surface area (Å²) < 4.78 is 42.0. The number of hydrogen-bond donors (Lipinski definition) is 1. The first-order valence-corrected chi connectivity index (χ1v) is 14.1. The van der Waals surface area contributed by atoms with Gasteiger partial charge in [-0.3, -0.25) is 9.69 Å². The van der Waals surface area contributed by atoms with Gasteiger partial charge in [0.2, 0.25) is 5.91 Å². The first-order chi connectivity index (χ1) is 21.1. The third-order valence-corrected chi connectivity index (χ3v) is 8.13. The molecule has 2 amide bonds. The van der Waals surface area contributed by atoms with E-state index in [9.17, 15) is 23.5 Å². The van der Waals surface area contributed by atoms with Crippen molar-refractivity contribution in [1.29, 1.82) is 0 Å². The summed E-state index contributed by atoms with van der Waals surface area (Å²) in [5, 5.41) is 23.6. The highest BCUT2D eigenvalue weighted by molar-refractivity contribution is 5.88. The van der Waals surface area contributed by atoms with Crippen LogP contribution in [0.1, 0.15) is 37.4 Å². The lowest BCUT2D eigenvalue weighted by Crippen LogP contribution is -2.69. The van der Waals surface area contributed by atoms with Gasteiger partial charge in [0.25, 0.3) is 0 Å². The van der Waals surface area contributed by atoms with Gasteiger partial charge < -0.3 is 19.5 Å². The van der Waals surface area contributed by atoms with Crippen molar-refractivity contribution in [3.8, 4) is 0 Å². The number of piperazine rings is 1. The van der Waals surface area contributed by atoms with E-state index < -0.39 is 35.4 Å². The second kappa shape index (κ2) is 12.5. The van der Waals surface area contributed by atoms with Crippen molar-refractivity contribution in [3.63, 3.8) is 0 Å². The zero-order valence-corrected chi connectivity index (χ0v) is 24.6. The minimum absolute atomic E-state index is 0.171. The Morgan fingerprint density at radius 2 is 2.02 bits per heavy atom. The van der Waals surface area contributed by atoms with Crippen molar-refractivity contribution in [2.24, 2.45) is 0 Å². The van der Waals surface area contributed by atoms with Crippen LogP contribution in [0.25, 0.3) is 0 Å². The van der Waals surface area contributed by atoms with E-state index in [0.29, 0.717) is 30.2 Å². The van der Waals surface area contributed by atoms with E-state index in [-0.39, 0.29) is 42.9 Å². The molecule has 3 aromatic rings. The monoisotopic (exact) mass is 612 g/mol. The van der Waals surface area contributed by atoms with Gasteiger partial charge in [0.15, 0.2) is 0 Å². The van der Waals surface area contributed by atoms with E-state index in [0.717, 1.165) is 18.6 Å². The molecule has 2 fully saturated rings. The maximum atomic E-state index is 14.8. The van der Waals surface area contributed by atoms with Crippen LogP contribution < -0.4 is 0 Å². The zero-order chi connectivity index (χ0) is 31.6. The molecule has 2 bridgehead atoms. The van der Waals surface area contributed by atoms with Crippen LogP contribution in [-0.2, 0) is 39.6 Å². The van der Waals surface area contributed by atoms with Crippen molar-refractivity contribution < 1.29 is 33.0 Å². The molecule has 0 radical (unpaired) electrons. The van der Waals surface area contributed by atoms with Gasteiger partial charge in [0.05, 0.1) is 38.5 Å². The molecule has 2 saturated heterocycles. The molecule has 2 aliphatic rings. The summed E-state index contributed by atoms with van der Waals surface area (Å²) >= 11 is 0. The van der Waals surface area contributed by atoms with Gasteiger partial charge in [0.1, 0.15) is 54.0 Å². The third-order valence-electron chi connectivity index (χ3n) is 8.13. The molecule has 234 valence electrons. The molecule has 4 heterocycles. The second-order valence-electron chi connectivity index (χ2n) is 10.9. The first-order valence-electron chi connectivity index (χ1n) is 14.1. The van der Waals surface area contributed by atoms with Crippen LogP contribution in [0.5, 0.6) is 0 Å². The number of benzene rings is 1. The number of allylic oxidation sites excluding steroid dienone is 1. The van der Waals surface area contributed by atoms with E-state index in [4.69, 9.17) is 9.47 Å². The van der Waals surface area contributed by atoms with Gasteiger partial charge in [-0.25, -0.2) is 27.9 Å². The number of likely N-dealkylation sites (tertiary alicyclic amines) is 1. The average Bonchev–Trinajstić information content (AvgIpc) is 3.67. The Balaban J connectivity index is 1.31. The van der Waals surface area contributed by atoms with E-state index in [1.54, 1.807) is 18.0 Å². The summed E-state index contributed by atoms with van der Waals surface area (Å²) in [6.07, 6.45) is 7.07. The molecular weight excluding hydrogens is 578 g/mol. The maximum Gasteiger partial charge on any atom is 0.411 e. The standard InChI is InChI=1S/C29H34F2N8O5/c1-5-25(43-4)18(2)26-23-7-6-8-24(27(40)36(26)3)39(23)28(41)44-13-20-12-37(35-34-20)14-29(42,15-38-17-32-16-33-38)21-10-9-19(30)11-22(21)31/h5,9-12,16-17,23-24,26,42H,2,6-8,13-15H2,1,3-4H3/b25-5+. The topological polar surface area (TPSA) is 141 Å². The number of piperidine rings is 1. The fraction of sp³-hybridized carbons (Fsp3) is 0.448. The van der Waals surface area contributed by atoms with Crippen molar-refractivity contribution >= 4 is 12.0 Å². The Bertz CT molecular complexity index is 1560. The minimum Gasteiger partial charge on any atom is -0.497 e. The maximum absolute atomic E-state index is 14.8. The largest absolute Gasteiger partial charge is 0.497 e. The molecule has 2 aromatic heterocycles. The summed E-state index contributed by atoms with van der Waals surface area (Å²) in [7, 11) is 3.23. The highest BCUT2D eigenvalue weighted by Gasteiger charge is 2.51. The summed E-state index contributed by atoms with van der Waals surface area (Å²) in [5.41, 5.74) is -1.25. The summed E-state index contributed by atoms with van der Waals surface area (Å²) in [5.74, 6) is -1.40. The number of methoxy groups -OCH3 is 1. The van der Waals surface area contributed by atoms with Crippen molar-refractivity contribution in [2.45, 2.75) is 69.6 Å². The van der Waals surface area contributed by atoms with Gasteiger partial charge >= 0.3 is 6.09 Å². The quantitative estimate of drug-likeness (QED) is 0.270. The third kappa shape index (κ3) is 5.91. The highest BCUT2D eigenvalue weighted by Crippen LogP contribution is 2.37. The second-order valence-corrected chi connectivity index (χ2v) is 10.9. The Morgan fingerprint density at radius 1 is 1.25 bits per heavy atom. The molecule has 13 nitrogen and oxygen atoms in total. The molecule has 15 heteroatoms. The lowest BCUT2D eigenvalue weighted by Gasteiger charge is -2.52. The van der Waals surface area contributed by atoms with E-state index in [1.165, 1.54) is 40.2 Å². The fourth-order valence-corrected chi connectivity index (χ4v) is 6.15. The number of aromatic nitrogens is 6. The number of rotatable bonds is 10. The number of nitrogens with zero attached hydrogens (tertiary/aromatic N) is 8. The molecule has 0 aliphatic carbocycles. The van der Waals surface area contributed by atoms with Crippen molar-refractivity contribution in [1.82, 2.24) is 39.6 Å². The lowest BCUT2D eigenvalue weighted by atomic mass is 9.82. The van der Waals surface area contributed by atoms with Gasteiger partial charge in [0, 0.05) is 24.3 Å². The van der Waals surface area contributed by atoms with Crippen LogP contribution in [0.3, 0.4) is 0 Å². The van der Waals surface area contributed by atoms with E-state index >= 15 is 0 Å². The zero-order valence-electron chi connectivity index (χ0n) is 24.6. The molecule has 4 unspecified atom stereocenters. The number of fused-ring (bicyclic) bond motifs is 2. The molecule has 2 aliphatic heterocycles. The van der Waals surface area contributed by atoms with Crippen LogP contribution >= 0.6 is 0 Å². The molecule has 4 atom stereocenters. The van der Waals surface area contributed by atoms with Crippen LogP contribution in [0.4, 0.5) is 13.6 Å². The molecule has 0 spiro atoms. The van der Waals surface area contributed by atoms with Gasteiger partial charge in [-0.2, -0.15) is 5.10 Å². The predicted octanol–water partition coefficient (Wildman–Crippen LogP) is 2.54. The number of ether oxygens (including phenoxy) is 2. The first kappa shape index (κ1) is 30.8. The Hall–Kier alpha value is -4.66. The smallest absolute Gasteiger partial charge is 0.411 e. The molecular formula is C29H34F2N8O5. The molecule has 1 N–H and O–H groups in total. The summed E-state index contributed by atoms with van der Waals surface area (Å²) in [6, 6.07) is 1.36. The number of carbonyl (C=O) groups is 2. The van der Waals surface area contributed by atoms with Gasteiger partial charge in [-0.1, -0.05) is 17.9 Å².